The van der Waals surface area contributed by atoms with Crippen molar-refractivity contribution in [1.82, 2.24) is 40.0 Å². The maximum Gasteiger partial charge on any atom is 0.355 e. The lowest BCUT2D eigenvalue weighted by molar-refractivity contribution is -0.189. The molecule has 0 spiro atoms. The van der Waals surface area contributed by atoms with Crippen molar-refractivity contribution in [2.24, 2.45) is 11.3 Å². The number of methoxy groups -OCH3 is 1. The molecular weight excluding hydrogens is 893 g/mol. The van der Waals surface area contributed by atoms with Crippen LogP contribution in [0.3, 0.4) is 0 Å². The molecule has 4 aromatic rings. The van der Waals surface area contributed by atoms with Gasteiger partial charge in [0.25, 0.3) is 17.7 Å². The summed E-state index contributed by atoms with van der Waals surface area (Å²) >= 11 is 0. The van der Waals surface area contributed by atoms with E-state index in [2.05, 4.69) is 57.3 Å². The maximum absolute atomic E-state index is 14.8. The molecular formula is C53H68N8O9. The van der Waals surface area contributed by atoms with E-state index in [9.17, 15) is 34.2 Å². The largest absolute Gasteiger partial charge is 0.462 e. The number of fused-ring (bicyclic) bond motifs is 6. The van der Waals surface area contributed by atoms with Crippen LogP contribution in [0.4, 0.5) is 0 Å². The third-order valence-electron chi connectivity index (χ3n) is 13.5. The Hall–Kier alpha value is -6.16. The third-order valence-corrected chi connectivity index (χ3v) is 13.5. The summed E-state index contributed by atoms with van der Waals surface area (Å²) in [6, 6.07) is 13.6. The molecule has 17 nitrogen and oxygen atoms in total. The van der Waals surface area contributed by atoms with Gasteiger partial charge in [-0.15, -0.1) is 0 Å². The average Bonchev–Trinajstić information content (AvgIpc) is 3.87. The van der Waals surface area contributed by atoms with Gasteiger partial charge in [-0.1, -0.05) is 63.9 Å². The molecule has 17 heteroatoms. The van der Waals surface area contributed by atoms with Crippen molar-refractivity contribution in [2.45, 2.75) is 103 Å². The van der Waals surface area contributed by atoms with Crippen molar-refractivity contribution < 1.29 is 43.7 Å². The van der Waals surface area contributed by atoms with Crippen LogP contribution in [-0.2, 0) is 59.4 Å². The van der Waals surface area contributed by atoms with Gasteiger partial charge in [0.1, 0.15) is 12.1 Å². The Morgan fingerprint density at radius 2 is 1.80 bits per heavy atom. The van der Waals surface area contributed by atoms with Gasteiger partial charge in [0.2, 0.25) is 11.6 Å². The molecule has 374 valence electrons. The van der Waals surface area contributed by atoms with Crippen LogP contribution in [0.5, 0.6) is 0 Å². The zero-order valence-corrected chi connectivity index (χ0v) is 41.9. The van der Waals surface area contributed by atoms with E-state index in [1.807, 2.05) is 69.4 Å². The van der Waals surface area contributed by atoms with E-state index in [4.69, 9.17) is 9.47 Å². The lowest BCUT2D eigenvalue weighted by Gasteiger charge is -2.40. The monoisotopic (exact) mass is 961 g/mol. The highest BCUT2D eigenvalue weighted by molar-refractivity contribution is 5.98. The maximum atomic E-state index is 14.8. The van der Waals surface area contributed by atoms with Gasteiger partial charge < -0.3 is 39.4 Å². The summed E-state index contributed by atoms with van der Waals surface area (Å²) in [5.41, 5.74) is 5.33. The summed E-state index contributed by atoms with van der Waals surface area (Å²) in [6.45, 7) is 10.9. The van der Waals surface area contributed by atoms with Gasteiger partial charge in [0.05, 0.1) is 32.0 Å². The Balaban J connectivity index is 1.26. The number of aromatic nitrogens is 2. The molecule has 2 saturated heterocycles. The third kappa shape index (κ3) is 10.9. The number of esters is 1. The molecule has 2 fully saturated rings. The number of carbonyl (C=O) groups is 5. The van der Waals surface area contributed by atoms with Gasteiger partial charge in [-0.2, -0.15) is 5.43 Å². The van der Waals surface area contributed by atoms with Crippen LogP contribution in [0, 0.1) is 23.2 Å². The van der Waals surface area contributed by atoms with E-state index in [-0.39, 0.29) is 51.9 Å². The van der Waals surface area contributed by atoms with Crippen molar-refractivity contribution in [3.8, 4) is 34.2 Å². The first-order valence-corrected chi connectivity index (χ1v) is 24.1. The van der Waals surface area contributed by atoms with Crippen LogP contribution in [0.1, 0.15) is 70.6 Å². The van der Waals surface area contributed by atoms with Crippen molar-refractivity contribution in [2.75, 3.05) is 61.0 Å². The lowest BCUT2D eigenvalue weighted by Crippen LogP contribution is -2.67. The molecule has 0 radical (unpaired) electrons. The van der Waals surface area contributed by atoms with Gasteiger partial charge >= 0.3 is 5.97 Å². The lowest BCUT2D eigenvalue weighted by atomic mass is 9.84. The number of nitrogens with zero attached hydrogens (tertiary/aromatic N) is 6. The molecule has 2 aromatic carbocycles. The van der Waals surface area contributed by atoms with Crippen LogP contribution < -0.4 is 10.7 Å². The first-order chi connectivity index (χ1) is 33.2. The normalized spacial score (nSPS) is 22.0. The summed E-state index contributed by atoms with van der Waals surface area (Å²) in [7, 11) is 6.74. The Bertz CT molecular complexity index is 2700. The van der Waals surface area contributed by atoms with Crippen LogP contribution in [0.15, 0.2) is 60.9 Å². The molecule has 5 heterocycles. The standard InChI is InChI=1S/C53H68N8O9/c1-10-60-43-18-17-37-28-39(43)40(46(60)41-30-54-22-19-38(41)31-69-9)29-51(4,5)33-70-50(66)53(68)20-13-24-61(56-53)48(64)42(27-35-14-11-15-36(37)26-35)55-47(63)45(34(2)3)58(8)49(65)52(67)21-25-59(32-52)44(62)16-12-23-57(6)7/h11,14-15,17-19,22,26,28,30,34,42,45,56,67-68H,10,13,20-21,23-25,27,29,31-33H2,1-9H3,(H,55,63)/t42-,45-,52+,53-/m0/s1. The number of amides is 4. The molecule has 70 heavy (non-hydrogen) atoms. The molecule has 7 rings (SSSR count). The second-order valence-electron chi connectivity index (χ2n) is 20.4. The van der Waals surface area contributed by atoms with E-state index >= 15 is 0 Å². The van der Waals surface area contributed by atoms with Gasteiger partial charge in [-0.25, -0.2) is 4.79 Å². The molecule has 4 atom stereocenters. The number of pyridine rings is 1. The van der Waals surface area contributed by atoms with Crippen LogP contribution in [-0.4, -0.2) is 154 Å². The zero-order chi connectivity index (χ0) is 50.7. The van der Waals surface area contributed by atoms with E-state index in [1.54, 1.807) is 27.2 Å². The highest BCUT2D eigenvalue weighted by Gasteiger charge is 2.49. The number of likely N-dealkylation sites (tertiary alicyclic amines) is 1. The highest BCUT2D eigenvalue weighted by Crippen LogP contribution is 2.41. The number of carbonyl (C=O) groups excluding carboxylic acids is 5. The quantitative estimate of drug-likeness (QED) is 0.134. The molecule has 4 N–H and O–H groups in total. The summed E-state index contributed by atoms with van der Waals surface area (Å²) in [5.74, 6) is 1.39. The molecule has 3 aliphatic rings. The minimum atomic E-state index is -2.26. The molecule has 6 bridgehead atoms. The van der Waals surface area contributed by atoms with Crippen LogP contribution >= 0.6 is 0 Å². The Morgan fingerprint density at radius 3 is 2.51 bits per heavy atom. The highest BCUT2D eigenvalue weighted by atomic mass is 16.6. The number of nitrogens with one attached hydrogen (secondary N) is 2. The predicted molar refractivity (Wildman–Crippen MR) is 264 cm³/mol. The minimum Gasteiger partial charge on any atom is -0.462 e. The smallest absolute Gasteiger partial charge is 0.355 e. The number of aryl methyl sites for hydroxylation is 1. The van der Waals surface area contributed by atoms with Crippen molar-refractivity contribution in [3.63, 3.8) is 0 Å². The number of rotatable bonds is 10. The number of hydrogen-bond acceptors (Lipinski definition) is 12. The number of benzene rings is 2. The van der Waals surface area contributed by atoms with Crippen molar-refractivity contribution in [1.29, 1.82) is 0 Å². The number of hydrazine groups is 1. The SMILES string of the molecule is CCn1c(-c2cnccc2COC)c2c3cc(ccc31)-c1cccc(c1)C[C@H](NC(=O)[C@H](C(C)C)N(C)C(=O)[C@@]1(O)CCN(C(=O)C#CCN(C)C)C1)C(=O)N1CCC[C@@](O)(N1)C(=O)OCC(C)(C)C2. The Labute approximate surface area is 410 Å². The average molecular weight is 961 g/mol. The fraction of sp³-hybridized carbons (Fsp3) is 0.509. The molecule has 4 amide bonds. The summed E-state index contributed by atoms with van der Waals surface area (Å²) < 4.78 is 13.9. The Morgan fingerprint density at radius 1 is 1.04 bits per heavy atom. The molecule has 2 aromatic heterocycles. The molecule has 0 unspecified atom stereocenters. The van der Waals surface area contributed by atoms with Crippen molar-refractivity contribution >= 4 is 40.5 Å². The number of cyclic esters (lactones) is 1. The van der Waals surface area contributed by atoms with Gasteiger partial charge in [0, 0.05) is 87.3 Å². The minimum absolute atomic E-state index is 0.000855. The van der Waals surface area contributed by atoms with Gasteiger partial charge in [-0.05, 0) is 91.7 Å². The summed E-state index contributed by atoms with van der Waals surface area (Å²) in [5, 5.41) is 28.7. The second kappa shape index (κ2) is 21.1. The Kier molecular flexibility index (Phi) is 15.5. The van der Waals surface area contributed by atoms with Crippen LogP contribution in [0.25, 0.3) is 33.3 Å². The van der Waals surface area contributed by atoms with E-state index in [1.165, 1.54) is 16.8 Å². The molecule has 0 saturated carbocycles. The second-order valence-corrected chi connectivity index (χ2v) is 20.4. The number of aliphatic hydroxyl groups is 2. The first kappa shape index (κ1) is 51.7. The number of hydrogen-bond donors (Lipinski definition) is 4. The summed E-state index contributed by atoms with van der Waals surface area (Å²) in [6.07, 6.45) is 4.26. The van der Waals surface area contributed by atoms with Crippen molar-refractivity contribution in [3.05, 3.63) is 77.6 Å². The van der Waals surface area contributed by atoms with E-state index in [0.717, 1.165) is 49.4 Å². The van der Waals surface area contributed by atoms with Gasteiger partial charge in [-0.3, -0.25) is 34.1 Å². The molecule has 3 aliphatic heterocycles. The fourth-order valence-electron chi connectivity index (χ4n) is 10.0. The van der Waals surface area contributed by atoms with Gasteiger partial charge in [0.15, 0.2) is 5.60 Å². The van der Waals surface area contributed by atoms with Crippen LogP contribution in [0.2, 0.25) is 0 Å². The topological polar surface area (TPSA) is 199 Å². The number of likely N-dealkylation sites (N-methyl/N-ethyl adjacent to an activating group) is 1. The molecule has 0 aliphatic carbocycles. The van der Waals surface area contributed by atoms with E-state index < -0.39 is 64.3 Å². The first-order valence-electron chi connectivity index (χ1n) is 24.1. The number of β-amino-alcohol motifs (C(OH)–C–C–N with tert-alkyl or cyclic N) is 1. The fourth-order valence-corrected chi connectivity index (χ4v) is 10.0. The number of ether oxygens (including phenoxy) is 2. The predicted octanol–water partition coefficient (Wildman–Crippen LogP) is 3.52. The van der Waals surface area contributed by atoms with E-state index in [0.29, 0.717) is 31.7 Å². The zero-order valence-electron chi connectivity index (χ0n) is 41.9. The summed E-state index contributed by atoms with van der Waals surface area (Å²) in [4.78, 5) is 79.3.